The average Bonchev–Trinajstić information content (AvgIpc) is 3.15. The van der Waals surface area contributed by atoms with Crippen molar-refractivity contribution in [3.05, 3.63) is 62.4 Å². The highest BCUT2D eigenvalue weighted by Gasteiger charge is 2.26. The molecular formula is C18H23N5O2. The van der Waals surface area contributed by atoms with Gasteiger partial charge in [0.2, 0.25) is 0 Å². The van der Waals surface area contributed by atoms with Gasteiger partial charge in [-0.05, 0) is 31.5 Å². The van der Waals surface area contributed by atoms with Crippen molar-refractivity contribution in [2.45, 2.75) is 25.3 Å². The Bertz CT molecular complexity index is 879. The summed E-state index contributed by atoms with van der Waals surface area (Å²) in [6.07, 6.45) is 2.69. The molecule has 1 unspecified atom stereocenters. The summed E-state index contributed by atoms with van der Waals surface area (Å²) in [5.41, 5.74) is 0.347. The zero-order valence-electron chi connectivity index (χ0n) is 14.6. The number of hydrogen-bond acceptors (Lipinski definition) is 5. The summed E-state index contributed by atoms with van der Waals surface area (Å²) in [7, 11) is 2.91. The van der Waals surface area contributed by atoms with Crippen LogP contribution >= 0.6 is 0 Å². The van der Waals surface area contributed by atoms with Crippen molar-refractivity contribution in [2.75, 3.05) is 13.1 Å². The summed E-state index contributed by atoms with van der Waals surface area (Å²) in [6, 6.07) is 10.1. The number of likely N-dealkylation sites (tertiary alicyclic amines) is 1. The molecule has 2 aromatic rings. The Balaban J connectivity index is 1.94. The smallest absolute Gasteiger partial charge is 0.303 e. The molecule has 2 heterocycles. The Morgan fingerprint density at radius 2 is 1.80 bits per heavy atom. The van der Waals surface area contributed by atoms with Crippen LogP contribution in [0.5, 0.6) is 0 Å². The van der Waals surface area contributed by atoms with Crippen LogP contribution in [0.4, 0.5) is 0 Å². The molecule has 3 rings (SSSR count). The summed E-state index contributed by atoms with van der Waals surface area (Å²) >= 11 is 0. The molecule has 7 heteroatoms. The molecule has 0 radical (unpaired) electrons. The minimum Gasteiger partial charge on any atom is -0.303 e. The zero-order valence-corrected chi connectivity index (χ0v) is 14.6. The van der Waals surface area contributed by atoms with E-state index < -0.39 is 11.2 Å². The van der Waals surface area contributed by atoms with E-state index in [1.54, 1.807) is 0 Å². The second kappa shape index (κ2) is 7.14. The van der Waals surface area contributed by atoms with E-state index in [0.29, 0.717) is 6.42 Å². The van der Waals surface area contributed by atoms with Gasteiger partial charge in [-0.15, -0.1) is 0 Å². The quantitative estimate of drug-likeness (QED) is 0.825. The van der Waals surface area contributed by atoms with Crippen molar-refractivity contribution in [3.63, 3.8) is 0 Å². The van der Waals surface area contributed by atoms with Gasteiger partial charge >= 0.3 is 5.69 Å². The minimum absolute atomic E-state index is 0.0416. The molecule has 1 aromatic carbocycles. The summed E-state index contributed by atoms with van der Waals surface area (Å²) in [6.45, 7) is 1.98. The number of hydrogen-bond donors (Lipinski definition) is 1. The van der Waals surface area contributed by atoms with Crippen LogP contribution in [0.1, 0.15) is 36.6 Å². The highest BCUT2D eigenvalue weighted by atomic mass is 16.2. The lowest BCUT2D eigenvalue weighted by Crippen LogP contribution is -2.42. The van der Waals surface area contributed by atoms with E-state index in [4.69, 9.17) is 5.41 Å². The van der Waals surface area contributed by atoms with E-state index in [-0.39, 0.29) is 17.4 Å². The molecule has 0 saturated carbocycles. The Hall–Kier alpha value is -2.54. The molecule has 1 aliphatic heterocycles. The standard InChI is InChI=1S/C18H23N5O2/c1-21-17(24)16(20-22(2)18(21)25)14(19)12-15(23-10-6-7-11-23)13-8-4-3-5-9-13/h3-5,8-9,15,19H,6-7,10-12H2,1-2H3. The van der Waals surface area contributed by atoms with Crippen LogP contribution in [0.15, 0.2) is 39.9 Å². The van der Waals surface area contributed by atoms with Crippen LogP contribution in [-0.2, 0) is 14.1 Å². The lowest BCUT2D eigenvalue weighted by atomic mass is 9.98. The molecule has 1 saturated heterocycles. The van der Waals surface area contributed by atoms with E-state index in [1.165, 1.54) is 14.1 Å². The third-order valence-electron chi connectivity index (χ3n) is 4.77. The fourth-order valence-electron chi connectivity index (χ4n) is 3.36. The number of aromatic nitrogens is 3. The van der Waals surface area contributed by atoms with Crippen LogP contribution in [0.3, 0.4) is 0 Å². The maximum Gasteiger partial charge on any atom is 0.346 e. The number of benzene rings is 1. The van der Waals surface area contributed by atoms with Crippen LogP contribution in [0.25, 0.3) is 0 Å². The van der Waals surface area contributed by atoms with Gasteiger partial charge in [-0.3, -0.25) is 14.3 Å². The highest BCUT2D eigenvalue weighted by molar-refractivity contribution is 5.96. The molecule has 1 N–H and O–H groups in total. The molecule has 1 aromatic heterocycles. The van der Waals surface area contributed by atoms with Crippen molar-refractivity contribution < 1.29 is 0 Å². The van der Waals surface area contributed by atoms with E-state index >= 15 is 0 Å². The maximum absolute atomic E-state index is 12.4. The first-order valence-corrected chi connectivity index (χ1v) is 8.50. The fourth-order valence-corrected chi connectivity index (χ4v) is 3.36. The first-order valence-electron chi connectivity index (χ1n) is 8.50. The first-order chi connectivity index (χ1) is 12.0. The molecule has 25 heavy (non-hydrogen) atoms. The molecule has 0 amide bonds. The van der Waals surface area contributed by atoms with Gasteiger partial charge < -0.3 is 5.41 Å². The third-order valence-corrected chi connectivity index (χ3v) is 4.77. The molecule has 0 bridgehead atoms. The van der Waals surface area contributed by atoms with Gasteiger partial charge in [-0.25, -0.2) is 9.48 Å². The summed E-state index contributed by atoms with van der Waals surface area (Å²) in [5, 5.41) is 12.5. The Labute approximate surface area is 146 Å². The van der Waals surface area contributed by atoms with E-state index in [2.05, 4.69) is 22.1 Å². The van der Waals surface area contributed by atoms with Crippen LogP contribution in [0, 0.1) is 5.41 Å². The van der Waals surface area contributed by atoms with E-state index in [1.807, 2.05) is 18.2 Å². The number of nitrogens with zero attached hydrogens (tertiary/aromatic N) is 4. The monoisotopic (exact) mass is 341 g/mol. The van der Waals surface area contributed by atoms with Gasteiger partial charge in [0.15, 0.2) is 5.69 Å². The third kappa shape index (κ3) is 3.46. The van der Waals surface area contributed by atoms with E-state index in [9.17, 15) is 9.59 Å². The van der Waals surface area contributed by atoms with Gasteiger partial charge in [0.1, 0.15) is 0 Å². The predicted molar refractivity (Wildman–Crippen MR) is 96.2 cm³/mol. The predicted octanol–water partition coefficient (Wildman–Crippen LogP) is 1.07. The minimum atomic E-state index is -0.513. The molecule has 1 fully saturated rings. The Morgan fingerprint density at radius 3 is 2.44 bits per heavy atom. The topological polar surface area (TPSA) is 84.0 Å². The van der Waals surface area contributed by atoms with Crippen molar-refractivity contribution in [1.29, 1.82) is 5.41 Å². The number of rotatable bonds is 5. The van der Waals surface area contributed by atoms with Gasteiger partial charge in [-0.2, -0.15) is 5.10 Å². The van der Waals surface area contributed by atoms with Crippen molar-refractivity contribution >= 4 is 5.71 Å². The molecule has 7 nitrogen and oxygen atoms in total. The SMILES string of the molecule is Cn1nc(C(=N)CC(c2ccccc2)N2CCCC2)c(=O)n(C)c1=O. The molecule has 132 valence electrons. The second-order valence-electron chi connectivity index (χ2n) is 6.47. The van der Waals surface area contributed by atoms with Gasteiger partial charge in [-0.1, -0.05) is 30.3 Å². The first kappa shape index (κ1) is 17.3. The van der Waals surface area contributed by atoms with Gasteiger partial charge in [0, 0.05) is 26.6 Å². The van der Waals surface area contributed by atoms with Crippen molar-refractivity contribution in [1.82, 2.24) is 19.2 Å². The lowest BCUT2D eigenvalue weighted by Gasteiger charge is -2.28. The largest absolute Gasteiger partial charge is 0.346 e. The van der Waals surface area contributed by atoms with Gasteiger partial charge in [0.25, 0.3) is 5.56 Å². The Kier molecular flexibility index (Phi) is 4.94. The maximum atomic E-state index is 12.4. The molecular weight excluding hydrogens is 318 g/mol. The van der Waals surface area contributed by atoms with E-state index in [0.717, 1.165) is 40.7 Å². The van der Waals surface area contributed by atoms with Gasteiger partial charge in [0.05, 0.1) is 5.71 Å². The zero-order chi connectivity index (χ0) is 18.0. The fraction of sp³-hybridized carbons (Fsp3) is 0.444. The van der Waals surface area contributed by atoms with Crippen LogP contribution < -0.4 is 11.2 Å². The number of nitrogens with one attached hydrogen (secondary N) is 1. The summed E-state index contributed by atoms with van der Waals surface area (Å²) in [5.74, 6) is 0. The lowest BCUT2D eigenvalue weighted by molar-refractivity contribution is 0.251. The van der Waals surface area contributed by atoms with Crippen molar-refractivity contribution in [2.24, 2.45) is 14.1 Å². The Morgan fingerprint density at radius 1 is 1.16 bits per heavy atom. The molecule has 1 atom stereocenters. The van der Waals surface area contributed by atoms with Crippen LogP contribution in [-0.4, -0.2) is 38.0 Å². The average molecular weight is 341 g/mol. The highest BCUT2D eigenvalue weighted by Crippen LogP contribution is 2.28. The van der Waals surface area contributed by atoms with Crippen LogP contribution in [0.2, 0.25) is 0 Å². The molecule has 0 aliphatic carbocycles. The van der Waals surface area contributed by atoms with Crippen molar-refractivity contribution in [3.8, 4) is 0 Å². The summed E-state index contributed by atoms with van der Waals surface area (Å²) < 4.78 is 2.11. The summed E-state index contributed by atoms with van der Waals surface area (Å²) in [4.78, 5) is 26.5. The molecule has 1 aliphatic rings. The second-order valence-corrected chi connectivity index (χ2v) is 6.47. The number of aryl methyl sites for hydroxylation is 1. The molecule has 0 spiro atoms. The normalized spacial score (nSPS) is 16.1.